The van der Waals surface area contributed by atoms with Crippen molar-refractivity contribution in [3.8, 4) is 0 Å². The normalized spacial score (nSPS) is 10.0. The molecule has 1 heterocycles. The van der Waals surface area contributed by atoms with Crippen LogP contribution < -0.4 is 0 Å². The summed E-state index contributed by atoms with van der Waals surface area (Å²) in [5, 5.41) is 11.0. The number of nitrogens with zero attached hydrogens (tertiary/aromatic N) is 2. The van der Waals surface area contributed by atoms with Crippen molar-refractivity contribution in [3.63, 3.8) is 0 Å². The molecule has 0 unspecified atom stereocenters. The Kier molecular flexibility index (Phi) is 2.28. The van der Waals surface area contributed by atoms with Gasteiger partial charge in [0.1, 0.15) is 5.69 Å². The van der Waals surface area contributed by atoms with E-state index in [1.54, 1.807) is 17.7 Å². The van der Waals surface area contributed by atoms with E-state index in [4.69, 9.17) is 0 Å². The molecule has 0 spiro atoms. The van der Waals surface area contributed by atoms with Crippen molar-refractivity contribution in [2.24, 2.45) is 7.05 Å². The second-order valence-corrected chi connectivity index (χ2v) is 2.69. The molecule has 1 aromatic heterocycles. The minimum Gasteiger partial charge on any atom is -0.358 e. The smallest absolute Gasteiger partial charge is 0.323 e. The van der Waals surface area contributed by atoms with Gasteiger partial charge in [0.2, 0.25) is 0 Å². The number of hydrogen-bond donors (Lipinski definition) is 0. The maximum atomic E-state index is 10.3. The highest BCUT2D eigenvalue weighted by Gasteiger charge is 2.12. The third-order valence-corrected chi connectivity index (χ3v) is 2.10. The van der Waals surface area contributed by atoms with Gasteiger partial charge in [0.25, 0.3) is 0 Å². The third-order valence-electron chi connectivity index (χ3n) is 1.52. The summed E-state index contributed by atoms with van der Waals surface area (Å²) in [6.45, 7) is 0. The van der Waals surface area contributed by atoms with E-state index in [0.29, 0.717) is 5.33 Å². The van der Waals surface area contributed by atoms with Crippen LogP contribution in [0.1, 0.15) is 5.69 Å². The molecule has 5 heteroatoms. The van der Waals surface area contributed by atoms with Crippen LogP contribution in [0.2, 0.25) is 0 Å². The van der Waals surface area contributed by atoms with Crippen LogP contribution in [-0.4, -0.2) is 9.49 Å². The largest absolute Gasteiger partial charge is 0.358 e. The fourth-order valence-corrected chi connectivity index (χ4v) is 1.42. The maximum absolute atomic E-state index is 10.3. The van der Waals surface area contributed by atoms with Crippen molar-refractivity contribution >= 4 is 21.7 Å². The van der Waals surface area contributed by atoms with E-state index < -0.39 is 4.92 Å². The van der Waals surface area contributed by atoms with E-state index in [1.165, 1.54) is 6.07 Å². The van der Waals surface area contributed by atoms with E-state index in [0.717, 1.165) is 5.69 Å². The maximum Gasteiger partial charge on any atom is 0.323 e. The molecule has 0 radical (unpaired) electrons. The van der Waals surface area contributed by atoms with E-state index >= 15 is 0 Å². The molecule has 0 amide bonds. The molecule has 60 valence electrons. The summed E-state index contributed by atoms with van der Waals surface area (Å²) in [5.74, 6) is 0.124. The van der Waals surface area contributed by atoms with Crippen molar-refractivity contribution in [3.05, 3.63) is 27.9 Å². The van der Waals surface area contributed by atoms with Crippen molar-refractivity contribution in [1.29, 1.82) is 0 Å². The second kappa shape index (κ2) is 3.04. The summed E-state index contributed by atoms with van der Waals surface area (Å²) in [4.78, 5) is 9.92. The van der Waals surface area contributed by atoms with Gasteiger partial charge in [-0.25, -0.2) is 4.57 Å². The van der Waals surface area contributed by atoms with Gasteiger partial charge < -0.3 is 10.1 Å². The Morgan fingerprint density at radius 3 is 2.64 bits per heavy atom. The fourth-order valence-electron chi connectivity index (χ4n) is 0.859. The van der Waals surface area contributed by atoms with E-state index in [2.05, 4.69) is 15.9 Å². The Morgan fingerprint density at radius 1 is 1.73 bits per heavy atom. The van der Waals surface area contributed by atoms with Gasteiger partial charge in [0.05, 0.1) is 12.4 Å². The lowest BCUT2D eigenvalue weighted by molar-refractivity contribution is -0.391. The molecular weight excluding hydrogens is 212 g/mol. The van der Waals surface area contributed by atoms with Crippen molar-refractivity contribution in [1.82, 2.24) is 4.57 Å². The van der Waals surface area contributed by atoms with Crippen molar-refractivity contribution in [2.75, 3.05) is 0 Å². The van der Waals surface area contributed by atoms with Gasteiger partial charge in [-0.3, -0.25) is 0 Å². The summed E-state index contributed by atoms with van der Waals surface area (Å²) >= 11 is 3.23. The van der Waals surface area contributed by atoms with Crippen LogP contribution in [0.15, 0.2) is 12.1 Å². The number of rotatable bonds is 2. The lowest BCUT2D eigenvalue weighted by Crippen LogP contribution is -1.99. The third kappa shape index (κ3) is 1.42. The molecule has 1 rings (SSSR count). The molecule has 0 aliphatic carbocycles. The number of hydrogen-bond acceptors (Lipinski definition) is 2. The van der Waals surface area contributed by atoms with Crippen LogP contribution in [0.3, 0.4) is 0 Å². The first-order chi connectivity index (χ1) is 5.16. The zero-order chi connectivity index (χ0) is 8.43. The molecule has 0 atom stereocenters. The molecule has 0 bridgehead atoms. The first kappa shape index (κ1) is 8.26. The second-order valence-electron chi connectivity index (χ2n) is 2.13. The zero-order valence-corrected chi connectivity index (χ0v) is 7.54. The Balaban J connectivity index is 3.10. The van der Waals surface area contributed by atoms with Crippen molar-refractivity contribution < 1.29 is 4.92 Å². The van der Waals surface area contributed by atoms with Crippen LogP contribution in [0, 0.1) is 10.1 Å². The number of nitro groups is 1. The highest BCUT2D eigenvalue weighted by atomic mass is 79.9. The summed E-state index contributed by atoms with van der Waals surface area (Å²) in [6.07, 6.45) is 0. The lowest BCUT2D eigenvalue weighted by atomic mass is 10.5. The standard InChI is InChI=1S/C6H7BrN2O2/c1-8-5(4-7)2-3-6(8)9(10)11/h2-3H,4H2,1H3. The van der Waals surface area contributed by atoms with Gasteiger partial charge in [-0.15, -0.1) is 0 Å². The van der Waals surface area contributed by atoms with Gasteiger partial charge in [0, 0.05) is 6.07 Å². The quantitative estimate of drug-likeness (QED) is 0.432. The molecular formula is C6H7BrN2O2. The van der Waals surface area contributed by atoms with Crippen LogP contribution in [-0.2, 0) is 12.4 Å². The SMILES string of the molecule is Cn1c(CBr)ccc1[N+](=O)[O-]. The summed E-state index contributed by atoms with van der Waals surface area (Å²) in [6, 6.07) is 3.23. The molecule has 0 N–H and O–H groups in total. The highest BCUT2D eigenvalue weighted by molar-refractivity contribution is 9.08. The van der Waals surface area contributed by atoms with Crippen LogP contribution >= 0.6 is 15.9 Å². The van der Waals surface area contributed by atoms with Gasteiger partial charge in [-0.1, -0.05) is 15.9 Å². The zero-order valence-electron chi connectivity index (χ0n) is 5.95. The Hall–Kier alpha value is -0.840. The molecule has 0 aromatic carbocycles. The average molecular weight is 219 g/mol. The molecule has 0 saturated heterocycles. The predicted molar refractivity (Wildman–Crippen MR) is 44.7 cm³/mol. The summed E-state index contributed by atoms with van der Waals surface area (Å²) in [7, 11) is 1.68. The average Bonchev–Trinajstić information content (AvgIpc) is 2.30. The lowest BCUT2D eigenvalue weighted by Gasteiger charge is -1.95. The topological polar surface area (TPSA) is 48.1 Å². The van der Waals surface area contributed by atoms with Crippen LogP contribution in [0.5, 0.6) is 0 Å². The summed E-state index contributed by atoms with van der Waals surface area (Å²) in [5.41, 5.74) is 0.900. The van der Waals surface area contributed by atoms with E-state index in [1.807, 2.05) is 0 Å². The fraction of sp³-hybridized carbons (Fsp3) is 0.333. The first-order valence-corrected chi connectivity index (χ1v) is 4.14. The molecule has 11 heavy (non-hydrogen) atoms. The minimum atomic E-state index is -0.397. The Bertz CT molecular complexity index is 282. The molecule has 1 aromatic rings. The summed E-state index contributed by atoms with van der Waals surface area (Å²) < 4.78 is 1.55. The highest BCUT2D eigenvalue weighted by Crippen LogP contribution is 2.16. The molecule has 0 aliphatic rings. The Labute approximate surface area is 72.1 Å². The molecule has 0 fully saturated rings. The molecule has 0 aliphatic heterocycles. The number of aromatic nitrogens is 1. The van der Waals surface area contributed by atoms with Gasteiger partial charge in [0.15, 0.2) is 0 Å². The van der Waals surface area contributed by atoms with Crippen LogP contribution in [0.4, 0.5) is 5.82 Å². The van der Waals surface area contributed by atoms with E-state index in [9.17, 15) is 10.1 Å². The van der Waals surface area contributed by atoms with E-state index in [-0.39, 0.29) is 5.82 Å². The van der Waals surface area contributed by atoms with Gasteiger partial charge in [-0.05, 0) is 11.0 Å². The minimum absolute atomic E-state index is 0.124. The van der Waals surface area contributed by atoms with Crippen molar-refractivity contribution in [2.45, 2.75) is 5.33 Å². The predicted octanol–water partition coefficient (Wildman–Crippen LogP) is 1.83. The number of alkyl halides is 1. The first-order valence-electron chi connectivity index (χ1n) is 3.01. The Morgan fingerprint density at radius 2 is 2.36 bits per heavy atom. The van der Waals surface area contributed by atoms with Gasteiger partial charge in [-0.2, -0.15) is 0 Å². The molecule has 4 nitrogen and oxygen atoms in total. The monoisotopic (exact) mass is 218 g/mol. The number of halogens is 1. The van der Waals surface area contributed by atoms with Gasteiger partial charge >= 0.3 is 5.82 Å². The molecule has 0 saturated carbocycles. The van der Waals surface area contributed by atoms with Crippen LogP contribution in [0.25, 0.3) is 0 Å².